The molecule has 7 heteroatoms. The number of aryl methyl sites for hydroxylation is 2. The summed E-state index contributed by atoms with van der Waals surface area (Å²) in [4.78, 5) is 28.6. The summed E-state index contributed by atoms with van der Waals surface area (Å²) in [5, 5.41) is 12.8. The molecule has 2 aliphatic heterocycles. The monoisotopic (exact) mass is 461 g/mol. The summed E-state index contributed by atoms with van der Waals surface area (Å²) in [6, 6.07) is 13.7. The zero-order valence-electron chi connectivity index (χ0n) is 19.2. The van der Waals surface area contributed by atoms with Crippen LogP contribution >= 0.6 is 11.8 Å². The quantitative estimate of drug-likeness (QED) is 0.616. The van der Waals surface area contributed by atoms with Gasteiger partial charge >= 0.3 is 0 Å². The Labute approximate surface area is 197 Å². The maximum Gasteiger partial charge on any atom is 0.278 e. The fourth-order valence-corrected chi connectivity index (χ4v) is 6.13. The third-order valence-electron chi connectivity index (χ3n) is 6.62. The number of amides is 1. The number of hydrogen-bond acceptors (Lipinski definition) is 5. The molecular formula is C26H27N3O3S. The molecule has 33 heavy (non-hydrogen) atoms. The molecule has 1 aromatic heterocycles. The Morgan fingerprint density at radius 2 is 1.76 bits per heavy atom. The number of thioether (sulfide) groups is 1. The Bertz CT molecular complexity index is 1330. The van der Waals surface area contributed by atoms with Gasteiger partial charge in [0.1, 0.15) is 6.67 Å². The normalized spacial score (nSPS) is 17.5. The molecule has 6 nitrogen and oxygen atoms in total. The van der Waals surface area contributed by atoms with Crippen LogP contribution in [0.15, 0.2) is 58.4 Å². The molecular weight excluding hydrogens is 434 g/mol. The molecule has 0 radical (unpaired) electrons. The van der Waals surface area contributed by atoms with Gasteiger partial charge in [-0.3, -0.25) is 19.3 Å². The molecule has 0 saturated heterocycles. The van der Waals surface area contributed by atoms with Gasteiger partial charge < -0.3 is 10.0 Å². The molecule has 0 saturated carbocycles. The third kappa shape index (κ3) is 3.33. The number of pyridine rings is 1. The van der Waals surface area contributed by atoms with Crippen LogP contribution in [0.25, 0.3) is 0 Å². The fraction of sp³-hybridized carbons (Fsp3) is 0.308. The van der Waals surface area contributed by atoms with Gasteiger partial charge in [0.2, 0.25) is 5.43 Å². The van der Waals surface area contributed by atoms with Crippen LogP contribution < -0.4 is 10.4 Å². The highest BCUT2D eigenvalue weighted by atomic mass is 32.2. The molecule has 5 rings (SSSR count). The summed E-state index contributed by atoms with van der Waals surface area (Å²) >= 11 is 1.84. The van der Waals surface area contributed by atoms with Crippen molar-refractivity contribution in [1.29, 1.82) is 0 Å². The van der Waals surface area contributed by atoms with Crippen LogP contribution in [0.3, 0.4) is 0 Å². The van der Waals surface area contributed by atoms with Gasteiger partial charge in [0.25, 0.3) is 5.91 Å². The second kappa shape index (κ2) is 7.99. The van der Waals surface area contributed by atoms with Crippen LogP contribution in [0.2, 0.25) is 0 Å². The van der Waals surface area contributed by atoms with Crippen LogP contribution in [0.4, 0.5) is 0 Å². The summed E-state index contributed by atoms with van der Waals surface area (Å²) in [6.45, 7) is 8.49. The minimum atomic E-state index is -0.551. The number of carbonyl (C=O) groups is 1. The van der Waals surface area contributed by atoms with E-state index in [-0.39, 0.29) is 23.7 Å². The Morgan fingerprint density at radius 1 is 1.03 bits per heavy atom. The Hall–Kier alpha value is -3.19. The van der Waals surface area contributed by atoms with Crippen molar-refractivity contribution in [2.45, 2.75) is 50.4 Å². The van der Waals surface area contributed by atoms with E-state index in [2.05, 4.69) is 49.2 Å². The minimum Gasteiger partial charge on any atom is -0.502 e. The number of rotatable bonds is 2. The first kappa shape index (κ1) is 21.6. The van der Waals surface area contributed by atoms with E-state index in [4.69, 9.17) is 0 Å². The summed E-state index contributed by atoms with van der Waals surface area (Å²) in [5.41, 5.74) is 5.46. The van der Waals surface area contributed by atoms with Crippen molar-refractivity contribution in [1.82, 2.24) is 9.58 Å². The highest BCUT2D eigenvalue weighted by Crippen LogP contribution is 2.45. The SMILES string of the molecule is Cc1ccc(C)c2c1SCc1ccccc1C2N1CN(C(C)C)C(=O)c2c(O)c(=O)ccn21. The van der Waals surface area contributed by atoms with E-state index in [9.17, 15) is 14.7 Å². The second-order valence-corrected chi connectivity index (χ2v) is 9.99. The van der Waals surface area contributed by atoms with E-state index in [1.54, 1.807) is 15.8 Å². The Kier molecular flexibility index (Phi) is 5.24. The first-order chi connectivity index (χ1) is 15.8. The largest absolute Gasteiger partial charge is 0.502 e. The van der Waals surface area contributed by atoms with Gasteiger partial charge in [-0.1, -0.05) is 36.4 Å². The fourth-order valence-electron chi connectivity index (χ4n) is 4.84. The molecule has 170 valence electrons. The summed E-state index contributed by atoms with van der Waals surface area (Å²) < 4.78 is 1.68. The van der Waals surface area contributed by atoms with Crippen molar-refractivity contribution < 1.29 is 9.90 Å². The number of aromatic hydroxyl groups is 1. The second-order valence-electron chi connectivity index (χ2n) is 9.00. The van der Waals surface area contributed by atoms with Crippen molar-refractivity contribution in [3.8, 4) is 5.75 Å². The highest BCUT2D eigenvalue weighted by Gasteiger charge is 2.39. The van der Waals surface area contributed by atoms with E-state index < -0.39 is 11.2 Å². The lowest BCUT2D eigenvalue weighted by atomic mass is 9.90. The Balaban J connectivity index is 1.83. The lowest BCUT2D eigenvalue weighted by Crippen LogP contribution is -2.57. The first-order valence-electron chi connectivity index (χ1n) is 11.1. The zero-order valence-corrected chi connectivity index (χ0v) is 20.0. The van der Waals surface area contributed by atoms with Crippen molar-refractivity contribution in [2.24, 2.45) is 0 Å². The lowest BCUT2D eigenvalue weighted by Gasteiger charge is -2.45. The molecule has 2 aliphatic rings. The molecule has 1 unspecified atom stereocenters. The van der Waals surface area contributed by atoms with E-state index in [0.717, 1.165) is 5.75 Å². The van der Waals surface area contributed by atoms with Gasteiger partial charge in [0.15, 0.2) is 11.4 Å². The molecule has 3 aromatic rings. The third-order valence-corrected chi connectivity index (χ3v) is 7.90. The van der Waals surface area contributed by atoms with Gasteiger partial charge in [0.05, 0.1) is 6.04 Å². The van der Waals surface area contributed by atoms with Gasteiger partial charge in [-0.15, -0.1) is 11.8 Å². The maximum atomic E-state index is 13.3. The Morgan fingerprint density at radius 3 is 2.52 bits per heavy atom. The van der Waals surface area contributed by atoms with E-state index in [0.29, 0.717) is 6.67 Å². The van der Waals surface area contributed by atoms with E-state index >= 15 is 0 Å². The van der Waals surface area contributed by atoms with Gasteiger partial charge in [-0.25, -0.2) is 0 Å². The van der Waals surface area contributed by atoms with Crippen LogP contribution in [0.1, 0.15) is 58.2 Å². The minimum absolute atomic E-state index is 0.0173. The average molecular weight is 462 g/mol. The van der Waals surface area contributed by atoms with E-state index in [1.165, 1.54) is 38.8 Å². The summed E-state index contributed by atoms with van der Waals surface area (Å²) in [7, 11) is 0. The number of fused-ring (bicyclic) bond motifs is 3. The first-order valence-corrected chi connectivity index (χ1v) is 12.1. The highest BCUT2D eigenvalue weighted by molar-refractivity contribution is 7.98. The molecule has 0 bridgehead atoms. The lowest BCUT2D eigenvalue weighted by molar-refractivity contribution is 0.0621. The topological polar surface area (TPSA) is 65.8 Å². The van der Waals surface area contributed by atoms with Crippen molar-refractivity contribution in [3.63, 3.8) is 0 Å². The van der Waals surface area contributed by atoms with Crippen LogP contribution in [0.5, 0.6) is 5.75 Å². The molecule has 2 aromatic carbocycles. The predicted molar refractivity (Wildman–Crippen MR) is 131 cm³/mol. The van der Waals surface area contributed by atoms with Gasteiger partial charge in [0, 0.05) is 29.0 Å². The van der Waals surface area contributed by atoms with Gasteiger partial charge in [-0.2, -0.15) is 0 Å². The number of aromatic nitrogens is 1. The van der Waals surface area contributed by atoms with Crippen molar-refractivity contribution in [2.75, 3.05) is 11.7 Å². The predicted octanol–water partition coefficient (Wildman–Crippen LogP) is 4.33. The van der Waals surface area contributed by atoms with Crippen LogP contribution in [-0.4, -0.2) is 33.3 Å². The number of carbonyl (C=O) groups excluding carboxylic acids is 1. The molecule has 0 aliphatic carbocycles. The standard InChI is InChI=1S/C26H27N3O3S/c1-15(2)27-14-29(28-12-11-20(30)24(31)23(28)26(27)32)22-19-8-6-5-7-18(19)13-33-25-17(4)10-9-16(3)21(22)25/h5-12,15,22,31H,13-14H2,1-4H3. The maximum absolute atomic E-state index is 13.3. The van der Waals surface area contributed by atoms with Crippen molar-refractivity contribution >= 4 is 17.7 Å². The molecule has 0 spiro atoms. The molecule has 1 N–H and O–H groups in total. The van der Waals surface area contributed by atoms with Crippen molar-refractivity contribution in [3.05, 3.63) is 92.4 Å². The van der Waals surface area contributed by atoms with Crippen LogP contribution in [-0.2, 0) is 5.75 Å². The number of hydrogen-bond donors (Lipinski definition) is 1. The number of benzene rings is 2. The average Bonchev–Trinajstić information content (AvgIpc) is 2.97. The summed E-state index contributed by atoms with van der Waals surface area (Å²) in [5.74, 6) is 0.0108. The molecule has 1 amide bonds. The summed E-state index contributed by atoms with van der Waals surface area (Å²) in [6.07, 6.45) is 1.61. The smallest absolute Gasteiger partial charge is 0.278 e. The molecule has 0 fully saturated rings. The molecule has 3 heterocycles. The van der Waals surface area contributed by atoms with Gasteiger partial charge in [-0.05, 0) is 55.5 Å². The number of nitrogens with zero attached hydrogens (tertiary/aromatic N) is 3. The van der Waals surface area contributed by atoms with E-state index in [1.807, 2.05) is 31.7 Å². The van der Waals surface area contributed by atoms with Crippen LogP contribution in [0, 0.1) is 13.8 Å². The molecule has 1 atom stereocenters. The zero-order chi connectivity index (χ0) is 23.4.